The van der Waals surface area contributed by atoms with Crippen molar-refractivity contribution in [2.45, 2.75) is 13.8 Å². The molecule has 0 saturated heterocycles. The SMILES string of the molecule is CC(C)CNC(=O)c1ccccc1NC(=O)c1ccc(Cl)c(Cl)c1. The predicted octanol–water partition coefficient (Wildman–Crippen LogP) is 4.63. The minimum absolute atomic E-state index is 0.228. The summed E-state index contributed by atoms with van der Waals surface area (Å²) in [6, 6.07) is 11.5. The second-order valence-electron chi connectivity index (χ2n) is 5.73. The van der Waals surface area contributed by atoms with Gasteiger partial charge in [0.1, 0.15) is 0 Å². The molecule has 2 aromatic carbocycles. The number of nitrogens with one attached hydrogen (secondary N) is 2. The Bertz CT molecular complexity index is 760. The molecule has 2 aromatic rings. The first kappa shape index (κ1) is 18.3. The number of carbonyl (C=O) groups excluding carboxylic acids is 2. The molecule has 0 aliphatic heterocycles. The molecule has 0 unspecified atom stereocenters. The van der Waals surface area contributed by atoms with Crippen molar-refractivity contribution in [3.8, 4) is 0 Å². The third-order valence-corrected chi connectivity index (χ3v) is 4.01. The Labute approximate surface area is 151 Å². The maximum absolute atomic E-state index is 12.4. The topological polar surface area (TPSA) is 58.2 Å². The number of hydrogen-bond donors (Lipinski definition) is 2. The highest BCUT2D eigenvalue weighted by Crippen LogP contribution is 2.23. The summed E-state index contributed by atoms with van der Waals surface area (Å²) in [6.45, 7) is 4.59. The molecular formula is C18H18Cl2N2O2. The molecular weight excluding hydrogens is 347 g/mol. The average Bonchev–Trinajstić information content (AvgIpc) is 2.55. The first-order valence-corrected chi connectivity index (χ1v) is 8.27. The maximum atomic E-state index is 12.4. The highest BCUT2D eigenvalue weighted by atomic mass is 35.5. The Morgan fingerprint density at radius 1 is 1.00 bits per heavy atom. The molecule has 0 aliphatic rings. The molecule has 0 fully saturated rings. The molecule has 0 bridgehead atoms. The van der Waals surface area contributed by atoms with Crippen molar-refractivity contribution in [3.63, 3.8) is 0 Å². The molecule has 4 nitrogen and oxygen atoms in total. The summed E-state index contributed by atoms with van der Waals surface area (Å²) < 4.78 is 0. The largest absolute Gasteiger partial charge is 0.352 e. The van der Waals surface area contributed by atoms with Gasteiger partial charge in [-0.05, 0) is 36.2 Å². The van der Waals surface area contributed by atoms with Crippen molar-refractivity contribution < 1.29 is 9.59 Å². The molecule has 0 atom stereocenters. The third kappa shape index (κ3) is 4.73. The third-order valence-electron chi connectivity index (χ3n) is 3.27. The Hall–Kier alpha value is -2.04. The Balaban J connectivity index is 2.18. The summed E-state index contributed by atoms with van der Waals surface area (Å²) in [5, 5.41) is 6.26. The van der Waals surface area contributed by atoms with Crippen molar-refractivity contribution >= 4 is 40.7 Å². The molecule has 126 valence electrons. The zero-order valence-electron chi connectivity index (χ0n) is 13.4. The number of amides is 2. The predicted molar refractivity (Wildman–Crippen MR) is 98.0 cm³/mol. The van der Waals surface area contributed by atoms with Crippen LogP contribution < -0.4 is 10.6 Å². The van der Waals surface area contributed by atoms with E-state index in [1.165, 1.54) is 6.07 Å². The van der Waals surface area contributed by atoms with Crippen LogP contribution in [0.25, 0.3) is 0 Å². The molecule has 2 rings (SSSR count). The second-order valence-corrected chi connectivity index (χ2v) is 6.55. The average molecular weight is 365 g/mol. The van der Waals surface area contributed by atoms with E-state index in [2.05, 4.69) is 10.6 Å². The lowest BCUT2D eigenvalue weighted by atomic mass is 10.1. The van der Waals surface area contributed by atoms with Crippen molar-refractivity contribution in [1.82, 2.24) is 5.32 Å². The molecule has 0 spiro atoms. The van der Waals surface area contributed by atoms with Gasteiger partial charge in [-0.1, -0.05) is 49.2 Å². The molecule has 24 heavy (non-hydrogen) atoms. The fraction of sp³-hybridized carbons (Fsp3) is 0.222. The zero-order valence-corrected chi connectivity index (χ0v) is 14.9. The van der Waals surface area contributed by atoms with Gasteiger partial charge in [0.05, 0.1) is 21.3 Å². The monoisotopic (exact) mass is 364 g/mol. The lowest BCUT2D eigenvalue weighted by molar-refractivity contribution is 0.0950. The lowest BCUT2D eigenvalue weighted by Crippen LogP contribution is -2.28. The van der Waals surface area contributed by atoms with Gasteiger partial charge in [0.25, 0.3) is 11.8 Å². The summed E-state index contributed by atoms with van der Waals surface area (Å²) in [7, 11) is 0. The first-order valence-electron chi connectivity index (χ1n) is 7.52. The van der Waals surface area contributed by atoms with Crippen molar-refractivity contribution in [2.24, 2.45) is 5.92 Å². The highest BCUT2D eigenvalue weighted by Gasteiger charge is 2.14. The molecule has 0 heterocycles. The van der Waals surface area contributed by atoms with E-state index in [1.807, 2.05) is 13.8 Å². The number of halogens is 2. The van der Waals surface area contributed by atoms with Gasteiger partial charge in [-0.25, -0.2) is 0 Å². The van der Waals surface area contributed by atoms with Crippen LogP contribution in [0.3, 0.4) is 0 Å². The highest BCUT2D eigenvalue weighted by molar-refractivity contribution is 6.42. The van der Waals surface area contributed by atoms with Crippen LogP contribution in [0.15, 0.2) is 42.5 Å². The summed E-state index contributed by atoms with van der Waals surface area (Å²) in [5.41, 5.74) is 1.21. The van der Waals surface area contributed by atoms with Gasteiger partial charge in [0.2, 0.25) is 0 Å². The quantitative estimate of drug-likeness (QED) is 0.812. The molecule has 6 heteroatoms. The van der Waals surface area contributed by atoms with Crippen LogP contribution in [0.1, 0.15) is 34.6 Å². The van der Waals surface area contributed by atoms with Gasteiger partial charge < -0.3 is 10.6 Å². The van der Waals surface area contributed by atoms with Gasteiger partial charge in [-0.15, -0.1) is 0 Å². The van der Waals surface area contributed by atoms with Crippen molar-refractivity contribution in [1.29, 1.82) is 0 Å². The Morgan fingerprint density at radius 2 is 1.71 bits per heavy atom. The van der Waals surface area contributed by atoms with Crippen LogP contribution in [0.4, 0.5) is 5.69 Å². The number of benzene rings is 2. The molecule has 2 N–H and O–H groups in total. The van der Waals surface area contributed by atoms with Gasteiger partial charge >= 0.3 is 0 Å². The summed E-state index contributed by atoms with van der Waals surface area (Å²) >= 11 is 11.8. The fourth-order valence-corrected chi connectivity index (χ4v) is 2.31. The lowest BCUT2D eigenvalue weighted by Gasteiger charge is -2.12. The van der Waals surface area contributed by atoms with E-state index in [1.54, 1.807) is 36.4 Å². The maximum Gasteiger partial charge on any atom is 0.255 e. The van der Waals surface area contributed by atoms with Crippen molar-refractivity contribution in [3.05, 3.63) is 63.6 Å². The smallest absolute Gasteiger partial charge is 0.255 e. The molecule has 0 aliphatic carbocycles. The van der Waals surface area contributed by atoms with Crippen LogP contribution in [0, 0.1) is 5.92 Å². The van der Waals surface area contributed by atoms with Crippen LogP contribution >= 0.6 is 23.2 Å². The van der Waals surface area contributed by atoms with Crippen LogP contribution in [0.2, 0.25) is 10.0 Å². The van der Waals surface area contributed by atoms with E-state index in [0.717, 1.165) is 0 Å². The molecule has 0 aromatic heterocycles. The van der Waals surface area contributed by atoms with E-state index in [9.17, 15) is 9.59 Å². The minimum atomic E-state index is -0.363. The Kier molecular flexibility index (Phi) is 6.23. The number of carbonyl (C=O) groups is 2. The van der Waals surface area contributed by atoms with E-state index in [-0.39, 0.29) is 11.8 Å². The number of anilines is 1. The Morgan fingerprint density at radius 3 is 2.38 bits per heavy atom. The molecule has 0 saturated carbocycles. The normalized spacial score (nSPS) is 10.5. The van der Waals surface area contributed by atoms with Gasteiger partial charge in [0.15, 0.2) is 0 Å². The first-order chi connectivity index (χ1) is 11.4. The van der Waals surface area contributed by atoms with E-state index < -0.39 is 0 Å². The summed E-state index contributed by atoms with van der Waals surface area (Å²) in [5.74, 6) is -0.252. The molecule has 2 amide bonds. The standard InChI is InChI=1S/C18H18Cl2N2O2/c1-11(2)10-21-18(24)13-5-3-4-6-16(13)22-17(23)12-7-8-14(19)15(20)9-12/h3-9,11H,10H2,1-2H3,(H,21,24)(H,22,23). The zero-order chi connectivity index (χ0) is 17.7. The van der Waals surface area contributed by atoms with Crippen molar-refractivity contribution in [2.75, 3.05) is 11.9 Å². The van der Waals surface area contributed by atoms with Gasteiger partial charge in [-0.3, -0.25) is 9.59 Å². The number of hydrogen-bond acceptors (Lipinski definition) is 2. The fourth-order valence-electron chi connectivity index (χ4n) is 2.01. The van der Waals surface area contributed by atoms with Gasteiger partial charge in [-0.2, -0.15) is 0 Å². The number of rotatable bonds is 5. The van der Waals surface area contributed by atoms with Crippen LogP contribution in [-0.2, 0) is 0 Å². The van der Waals surface area contributed by atoms with Gasteiger partial charge in [0, 0.05) is 12.1 Å². The minimum Gasteiger partial charge on any atom is -0.352 e. The van der Waals surface area contributed by atoms with E-state index in [0.29, 0.717) is 39.3 Å². The van der Waals surface area contributed by atoms with E-state index >= 15 is 0 Å². The number of para-hydroxylation sites is 1. The van der Waals surface area contributed by atoms with Crippen LogP contribution in [-0.4, -0.2) is 18.4 Å². The summed E-state index contributed by atoms with van der Waals surface area (Å²) in [6.07, 6.45) is 0. The second kappa shape index (κ2) is 8.18. The van der Waals surface area contributed by atoms with E-state index in [4.69, 9.17) is 23.2 Å². The molecule has 0 radical (unpaired) electrons. The van der Waals surface area contributed by atoms with Crippen LogP contribution in [0.5, 0.6) is 0 Å². The summed E-state index contributed by atoms with van der Waals surface area (Å²) in [4.78, 5) is 24.7.